The second-order valence-corrected chi connectivity index (χ2v) is 8.84. The highest BCUT2D eigenvalue weighted by Crippen LogP contribution is 2.28. The highest BCUT2D eigenvalue weighted by atomic mass is 16.5. The third-order valence-electron chi connectivity index (χ3n) is 6.61. The molecule has 1 aliphatic heterocycles. The molecule has 5 rings (SSSR count). The van der Waals surface area contributed by atoms with E-state index in [4.69, 9.17) is 4.74 Å². The summed E-state index contributed by atoms with van der Waals surface area (Å²) in [5.41, 5.74) is 1.09. The van der Waals surface area contributed by atoms with Gasteiger partial charge in [0.15, 0.2) is 0 Å². The molecule has 1 amide bonds. The van der Waals surface area contributed by atoms with Crippen LogP contribution in [0.3, 0.4) is 0 Å². The second kappa shape index (κ2) is 10.3. The molecule has 1 aromatic heterocycles. The zero-order valence-electron chi connectivity index (χ0n) is 20.0. The molecular weight excluding hydrogens is 440 g/mol. The van der Waals surface area contributed by atoms with Crippen molar-refractivity contribution in [2.24, 2.45) is 0 Å². The van der Waals surface area contributed by atoms with Crippen molar-refractivity contribution in [3.63, 3.8) is 0 Å². The smallest absolute Gasteiger partial charge is 0.274 e. The van der Waals surface area contributed by atoms with Gasteiger partial charge in [-0.3, -0.25) is 9.59 Å². The molecule has 0 unspecified atom stereocenters. The lowest BCUT2D eigenvalue weighted by Crippen LogP contribution is -2.32. The molecule has 0 aliphatic carbocycles. The number of amides is 1. The maximum atomic E-state index is 13.4. The van der Waals surface area contributed by atoms with Gasteiger partial charge < -0.3 is 15.0 Å². The fraction of sp³-hybridized carbons (Fsp3) is 0.321. The van der Waals surface area contributed by atoms with Gasteiger partial charge in [0.1, 0.15) is 5.75 Å². The molecule has 0 saturated carbocycles. The maximum absolute atomic E-state index is 13.4. The number of carbonyl (C=O) groups excluding carboxylic acids is 1. The average molecular weight is 471 g/mol. The molecule has 2 heterocycles. The van der Waals surface area contributed by atoms with Crippen LogP contribution >= 0.6 is 0 Å². The summed E-state index contributed by atoms with van der Waals surface area (Å²) in [6.45, 7) is 6.04. The molecular formula is C28H30N4O3. The van der Waals surface area contributed by atoms with Crippen LogP contribution in [-0.4, -0.2) is 46.8 Å². The summed E-state index contributed by atoms with van der Waals surface area (Å²) in [6.07, 6.45) is 2.41. The highest BCUT2D eigenvalue weighted by molar-refractivity contribution is 6.09. The number of likely N-dealkylation sites (tertiary alicyclic amines) is 1. The number of hydrogen-bond donors (Lipinski definition) is 1. The van der Waals surface area contributed by atoms with Crippen molar-refractivity contribution in [3.05, 3.63) is 82.3 Å². The molecule has 1 N–H and O–H groups in total. The standard InChI is InChI=1S/C28H30N4O3/c1-2-35-25-14-13-20-9-3-4-10-21(20)26(25)27(33)29-19-24-22-11-5-6-12-23(22)28(34)32(30-24)18-17-31-15-7-8-16-31/h3-6,9-14H,2,7-8,15-19H2,1H3,(H,29,33). The molecule has 4 aromatic rings. The number of nitrogens with zero attached hydrogens (tertiary/aromatic N) is 3. The van der Waals surface area contributed by atoms with Crippen LogP contribution in [0.4, 0.5) is 0 Å². The lowest BCUT2D eigenvalue weighted by Gasteiger charge is -2.17. The van der Waals surface area contributed by atoms with E-state index in [0.29, 0.717) is 35.5 Å². The van der Waals surface area contributed by atoms with E-state index in [-0.39, 0.29) is 18.0 Å². The number of nitrogens with one attached hydrogen (secondary N) is 1. The Morgan fingerprint density at radius 3 is 2.43 bits per heavy atom. The van der Waals surface area contributed by atoms with E-state index in [1.54, 1.807) is 4.68 Å². The van der Waals surface area contributed by atoms with Gasteiger partial charge in [-0.05, 0) is 55.8 Å². The van der Waals surface area contributed by atoms with Crippen molar-refractivity contribution < 1.29 is 9.53 Å². The molecule has 35 heavy (non-hydrogen) atoms. The Balaban J connectivity index is 1.45. The summed E-state index contributed by atoms with van der Waals surface area (Å²) in [6, 6.07) is 19.0. The fourth-order valence-electron chi connectivity index (χ4n) is 4.84. The maximum Gasteiger partial charge on any atom is 0.274 e. The molecule has 1 saturated heterocycles. The summed E-state index contributed by atoms with van der Waals surface area (Å²) in [5.74, 6) is 0.322. The number of carbonyl (C=O) groups is 1. The normalized spacial score (nSPS) is 14.0. The number of fused-ring (bicyclic) bond motifs is 2. The monoisotopic (exact) mass is 470 g/mol. The minimum absolute atomic E-state index is 0.0949. The first kappa shape index (κ1) is 23.1. The summed E-state index contributed by atoms with van der Waals surface area (Å²) in [4.78, 5) is 28.9. The van der Waals surface area contributed by atoms with Crippen LogP contribution in [0.2, 0.25) is 0 Å². The van der Waals surface area contributed by atoms with Gasteiger partial charge in [-0.25, -0.2) is 4.68 Å². The van der Waals surface area contributed by atoms with Crippen LogP contribution in [0, 0.1) is 0 Å². The van der Waals surface area contributed by atoms with Crippen LogP contribution in [0.15, 0.2) is 65.5 Å². The summed E-state index contributed by atoms with van der Waals surface area (Å²) in [7, 11) is 0. The van der Waals surface area contributed by atoms with Crippen LogP contribution in [-0.2, 0) is 13.1 Å². The van der Waals surface area contributed by atoms with Crippen molar-refractivity contribution in [1.82, 2.24) is 20.0 Å². The van der Waals surface area contributed by atoms with Crippen molar-refractivity contribution in [2.75, 3.05) is 26.2 Å². The molecule has 0 atom stereocenters. The summed E-state index contributed by atoms with van der Waals surface area (Å²) < 4.78 is 7.32. The van der Waals surface area contributed by atoms with Crippen LogP contribution in [0.1, 0.15) is 35.8 Å². The molecule has 180 valence electrons. The molecule has 1 fully saturated rings. The Morgan fingerprint density at radius 2 is 1.66 bits per heavy atom. The van der Waals surface area contributed by atoms with Crippen molar-refractivity contribution in [2.45, 2.75) is 32.9 Å². The summed E-state index contributed by atoms with van der Waals surface area (Å²) in [5, 5.41) is 10.9. The van der Waals surface area contributed by atoms with E-state index in [2.05, 4.69) is 15.3 Å². The Hall–Kier alpha value is -3.71. The highest BCUT2D eigenvalue weighted by Gasteiger charge is 2.18. The van der Waals surface area contributed by atoms with Crippen LogP contribution < -0.4 is 15.6 Å². The first-order valence-corrected chi connectivity index (χ1v) is 12.3. The van der Waals surface area contributed by atoms with E-state index < -0.39 is 0 Å². The molecule has 3 aromatic carbocycles. The van der Waals surface area contributed by atoms with Gasteiger partial charge in [0.2, 0.25) is 0 Å². The van der Waals surface area contributed by atoms with Gasteiger partial charge in [-0.15, -0.1) is 0 Å². The topological polar surface area (TPSA) is 76.5 Å². The van der Waals surface area contributed by atoms with Crippen LogP contribution in [0.25, 0.3) is 21.5 Å². The largest absolute Gasteiger partial charge is 0.493 e. The van der Waals surface area contributed by atoms with Gasteiger partial charge in [-0.2, -0.15) is 5.10 Å². The number of rotatable bonds is 8. The van der Waals surface area contributed by atoms with Gasteiger partial charge in [0.05, 0.1) is 36.3 Å². The quantitative estimate of drug-likeness (QED) is 0.422. The molecule has 0 bridgehead atoms. The van der Waals surface area contributed by atoms with Gasteiger partial charge in [-0.1, -0.05) is 48.5 Å². The van der Waals surface area contributed by atoms with Crippen molar-refractivity contribution in [1.29, 1.82) is 0 Å². The van der Waals surface area contributed by atoms with Gasteiger partial charge in [0.25, 0.3) is 11.5 Å². The lowest BCUT2D eigenvalue weighted by molar-refractivity contribution is 0.0948. The van der Waals surface area contributed by atoms with E-state index in [9.17, 15) is 9.59 Å². The predicted octanol–water partition coefficient (Wildman–Crippen LogP) is 3.97. The second-order valence-electron chi connectivity index (χ2n) is 8.84. The Kier molecular flexibility index (Phi) is 6.77. The minimum atomic E-state index is -0.231. The zero-order chi connectivity index (χ0) is 24.2. The number of hydrogen-bond acceptors (Lipinski definition) is 5. The molecule has 1 aliphatic rings. The summed E-state index contributed by atoms with van der Waals surface area (Å²) >= 11 is 0. The van der Waals surface area contributed by atoms with Gasteiger partial charge >= 0.3 is 0 Å². The van der Waals surface area contributed by atoms with E-state index in [1.165, 1.54) is 12.8 Å². The Morgan fingerprint density at radius 1 is 0.943 bits per heavy atom. The van der Waals surface area contributed by atoms with Gasteiger partial charge in [0, 0.05) is 11.9 Å². The zero-order valence-corrected chi connectivity index (χ0v) is 20.0. The molecule has 7 nitrogen and oxygen atoms in total. The Labute approximate surface area is 204 Å². The van der Waals surface area contributed by atoms with E-state index in [1.807, 2.05) is 67.6 Å². The number of aromatic nitrogens is 2. The SMILES string of the molecule is CCOc1ccc2ccccc2c1C(=O)NCc1nn(CCN2CCCC2)c(=O)c2ccccc12. The van der Waals surface area contributed by atoms with E-state index >= 15 is 0 Å². The lowest BCUT2D eigenvalue weighted by atomic mass is 10.0. The third kappa shape index (κ3) is 4.77. The molecule has 7 heteroatoms. The van der Waals surface area contributed by atoms with E-state index in [0.717, 1.165) is 35.8 Å². The predicted molar refractivity (Wildman–Crippen MR) is 138 cm³/mol. The Bertz CT molecular complexity index is 1420. The molecule has 0 spiro atoms. The number of ether oxygens (including phenoxy) is 1. The number of benzene rings is 3. The minimum Gasteiger partial charge on any atom is -0.493 e. The third-order valence-corrected chi connectivity index (χ3v) is 6.61. The molecule has 0 radical (unpaired) electrons. The first-order valence-electron chi connectivity index (χ1n) is 12.3. The van der Waals surface area contributed by atoms with Crippen molar-refractivity contribution >= 4 is 27.5 Å². The average Bonchev–Trinajstić information content (AvgIpc) is 3.41. The fourth-order valence-corrected chi connectivity index (χ4v) is 4.84. The first-order chi connectivity index (χ1) is 17.2. The van der Waals surface area contributed by atoms with Crippen molar-refractivity contribution in [3.8, 4) is 5.75 Å². The van der Waals surface area contributed by atoms with Crippen LogP contribution in [0.5, 0.6) is 5.75 Å².